The molecule has 1 heterocycles. The Bertz CT molecular complexity index is 616. The monoisotopic (exact) mass is 337 g/mol. The Morgan fingerprint density at radius 3 is 2.78 bits per heavy atom. The summed E-state index contributed by atoms with van der Waals surface area (Å²) in [5.41, 5.74) is 2.88. The molecule has 124 valence electrons. The highest BCUT2D eigenvalue weighted by molar-refractivity contribution is 8.00. The maximum Gasteiger partial charge on any atom is 0.347 e. The van der Waals surface area contributed by atoms with Crippen molar-refractivity contribution in [3.05, 3.63) is 29.3 Å². The smallest absolute Gasteiger partial charge is 0.347 e. The number of carbonyl (C=O) groups excluding carboxylic acids is 3. The van der Waals surface area contributed by atoms with Crippen LogP contribution < -0.4 is 5.32 Å². The molecule has 0 bridgehead atoms. The average molecular weight is 337 g/mol. The lowest BCUT2D eigenvalue weighted by atomic mass is 10.1. The van der Waals surface area contributed by atoms with Gasteiger partial charge in [-0.25, -0.2) is 4.79 Å². The van der Waals surface area contributed by atoms with E-state index < -0.39 is 18.0 Å². The average Bonchev–Trinajstić information content (AvgIpc) is 2.87. The Hall–Kier alpha value is -2.02. The van der Waals surface area contributed by atoms with Crippen LogP contribution in [0.4, 0.5) is 5.69 Å². The van der Waals surface area contributed by atoms with Gasteiger partial charge in [0, 0.05) is 12.1 Å². The first-order valence-corrected chi connectivity index (χ1v) is 8.42. The van der Waals surface area contributed by atoms with Crippen molar-refractivity contribution in [2.45, 2.75) is 26.4 Å². The third kappa shape index (κ3) is 5.28. The van der Waals surface area contributed by atoms with Gasteiger partial charge >= 0.3 is 11.9 Å². The third-order valence-corrected chi connectivity index (χ3v) is 4.18. The highest BCUT2D eigenvalue weighted by atomic mass is 32.2. The van der Waals surface area contributed by atoms with Crippen molar-refractivity contribution < 1.29 is 23.9 Å². The van der Waals surface area contributed by atoms with E-state index in [-0.39, 0.29) is 24.0 Å². The van der Waals surface area contributed by atoms with Crippen LogP contribution in [0.15, 0.2) is 18.2 Å². The van der Waals surface area contributed by atoms with E-state index in [0.717, 1.165) is 28.6 Å². The quantitative estimate of drug-likeness (QED) is 0.798. The van der Waals surface area contributed by atoms with Crippen LogP contribution in [0.2, 0.25) is 0 Å². The molecule has 1 amide bonds. The summed E-state index contributed by atoms with van der Waals surface area (Å²) < 4.78 is 9.70. The summed E-state index contributed by atoms with van der Waals surface area (Å²) in [6, 6.07) is 5.77. The number of amides is 1. The van der Waals surface area contributed by atoms with E-state index in [9.17, 15) is 14.4 Å². The fourth-order valence-corrected chi connectivity index (χ4v) is 2.74. The lowest BCUT2D eigenvalue weighted by Crippen LogP contribution is -2.24. The molecule has 6 nitrogen and oxygen atoms in total. The summed E-state index contributed by atoms with van der Waals surface area (Å²) in [4.78, 5) is 34.6. The number of nitrogens with one attached hydrogen (secondary N) is 1. The molecule has 0 aliphatic carbocycles. The van der Waals surface area contributed by atoms with Crippen LogP contribution >= 0.6 is 11.8 Å². The van der Waals surface area contributed by atoms with E-state index in [1.54, 1.807) is 0 Å². The van der Waals surface area contributed by atoms with Gasteiger partial charge in [-0.3, -0.25) is 9.59 Å². The molecule has 1 fully saturated rings. The van der Waals surface area contributed by atoms with E-state index in [1.807, 2.05) is 32.0 Å². The van der Waals surface area contributed by atoms with Gasteiger partial charge in [-0.15, -0.1) is 11.8 Å². The number of esters is 2. The maximum atomic E-state index is 11.9. The number of ether oxygens (including phenoxy) is 2. The Labute approximate surface area is 138 Å². The first-order chi connectivity index (χ1) is 11.0. The fourth-order valence-electron chi connectivity index (χ4n) is 2.14. The molecule has 1 N–H and O–H groups in total. The number of rotatable bonds is 6. The molecule has 7 heteroatoms. The molecular formula is C16H19NO5S. The first kappa shape index (κ1) is 17.3. The van der Waals surface area contributed by atoms with Crippen molar-refractivity contribution in [3.63, 3.8) is 0 Å². The standard InChI is InChI=1S/C16H19NO5S/c1-10-3-4-12(11(2)7-10)17-14(18)8-23-9-15(19)22-13-5-6-21-16(13)20/h3-4,7,13H,5-6,8-9H2,1-2H3,(H,17,18)/t13-/m1/s1. The molecule has 0 spiro atoms. The summed E-state index contributed by atoms with van der Waals surface area (Å²) in [6.07, 6.45) is -0.408. The van der Waals surface area contributed by atoms with E-state index >= 15 is 0 Å². The second-order valence-corrected chi connectivity index (χ2v) is 6.28. The number of hydrogen-bond donors (Lipinski definition) is 1. The Morgan fingerprint density at radius 2 is 2.13 bits per heavy atom. The predicted octanol–water partition coefficient (Wildman–Crippen LogP) is 1.83. The van der Waals surface area contributed by atoms with Gasteiger partial charge in [0.2, 0.25) is 12.0 Å². The number of carbonyl (C=O) groups is 3. The van der Waals surface area contributed by atoms with Crippen molar-refractivity contribution in [2.75, 3.05) is 23.4 Å². The zero-order chi connectivity index (χ0) is 16.8. The second kappa shape index (κ2) is 8.01. The molecule has 1 aromatic carbocycles. The maximum absolute atomic E-state index is 11.9. The lowest BCUT2D eigenvalue weighted by molar-refractivity contribution is -0.158. The molecule has 1 atom stereocenters. The largest absolute Gasteiger partial charge is 0.463 e. The summed E-state index contributed by atoms with van der Waals surface area (Å²) in [7, 11) is 0. The van der Waals surface area contributed by atoms with Crippen molar-refractivity contribution >= 4 is 35.3 Å². The van der Waals surface area contributed by atoms with E-state index in [4.69, 9.17) is 9.47 Å². The van der Waals surface area contributed by atoms with Crippen LogP contribution in [-0.4, -0.2) is 42.1 Å². The van der Waals surface area contributed by atoms with Crippen LogP contribution in [0.3, 0.4) is 0 Å². The second-order valence-electron chi connectivity index (χ2n) is 5.29. The molecular weight excluding hydrogens is 318 g/mol. The van der Waals surface area contributed by atoms with Crippen LogP contribution in [0, 0.1) is 13.8 Å². The van der Waals surface area contributed by atoms with Crippen molar-refractivity contribution in [2.24, 2.45) is 0 Å². The van der Waals surface area contributed by atoms with Gasteiger partial charge in [0.15, 0.2) is 0 Å². The van der Waals surface area contributed by atoms with Crippen LogP contribution in [-0.2, 0) is 23.9 Å². The Kier molecular flexibility index (Phi) is 6.04. The molecule has 0 radical (unpaired) electrons. The number of benzene rings is 1. The number of cyclic esters (lactones) is 1. The van der Waals surface area contributed by atoms with E-state index in [2.05, 4.69) is 5.32 Å². The number of aryl methyl sites for hydroxylation is 2. The summed E-state index contributed by atoms with van der Waals surface area (Å²) in [5, 5.41) is 2.81. The molecule has 1 aliphatic heterocycles. The van der Waals surface area contributed by atoms with Crippen LogP contribution in [0.1, 0.15) is 17.5 Å². The van der Waals surface area contributed by atoms with Crippen LogP contribution in [0.5, 0.6) is 0 Å². The third-order valence-electron chi connectivity index (χ3n) is 3.27. The minimum absolute atomic E-state index is 0.0179. The number of thioether (sulfide) groups is 1. The van der Waals surface area contributed by atoms with Gasteiger partial charge in [-0.05, 0) is 25.5 Å². The molecule has 1 aliphatic rings. The van der Waals surface area contributed by atoms with E-state index in [1.165, 1.54) is 0 Å². The normalized spacial score (nSPS) is 16.8. The van der Waals surface area contributed by atoms with Gasteiger partial charge in [0.05, 0.1) is 18.1 Å². The van der Waals surface area contributed by atoms with Crippen molar-refractivity contribution in [1.29, 1.82) is 0 Å². The Morgan fingerprint density at radius 1 is 1.35 bits per heavy atom. The van der Waals surface area contributed by atoms with Gasteiger partial charge in [-0.2, -0.15) is 0 Å². The summed E-state index contributed by atoms with van der Waals surface area (Å²) >= 11 is 1.14. The first-order valence-electron chi connectivity index (χ1n) is 7.26. The van der Waals surface area contributed by atoms with Crippen molar-refractivity contribution in [3.8, 4) is 0 Å². The fraction of sp³-hybridized carbons (Fsp3) is 0.438. The SMILES string of the molecule is Cc1ccc(NC(=O)CSCC(=O)O[C@@H]2CCOC2=O)c(C)c1. The molecule has 0 unspecified atom stereocenters. The molecule has 0 saturated carbocycles. The molecule has 23 heavy (non-hydrogen) atoms. The van der Waals surface area contributed by atoms with E-state index in [0.29, 0.717) is 6.42 Å². The zero-order valence-electron chi connectivity index (χ0n) is 13.1. The van der Waals surface area contributed by atoms with Crippen molar-refractivity contribution in [1.82, 2.24) is 0 Å². The van der Waals surface area contributed by atoms with Gasteiger partial charge < -0.3 is 14.8 Å². The molecule has 1 aromatic rings. The van der Waals surface area contributed by atoms with Gasteiger partial charge in [0.1, 0.15) is 0 Å². The lowest BCUT2D eigenvalue weighted by Gasteiger charge is -2.10. The number of hydrogen-bond acceptors (Lipinski definition) is 6. The molecule has 0 aromatic heterocycles. The number of anilines is 1. The minimum Gasteiger partial charge on any atom is -0.463 e. The molecule has 1 saturated heterocycles. The zero-order valence-corrected chi connectivity index (χ0v) is 13.9. The minimum atomic E-state index is -0.799. The Balaban J connectivity index is 1.70. The van der Waals surface area contributed by atoms with Crippen LogP contribution in [0.25, 0.3) is 0 Å². The molecule has 2 rings (SSSR count). The predicted molar refractivity (Wildman–Crippen MR) is 87.3 cm³/mol. The topological polar surface area (TPSA) is 81.7 Å². The summed E-state index contributed by atoms with van der Waals surface area (Å²) in [6.45, 7) is 4.19. The van der Waals surface area contributed by atoms with Gasteiger partial charge in [-0.1, -0.05) is 17.7 Å². The highest BCUT2D eigenvalue weighted by Gasteiger charge is 2.29. The highest BCUT2D eigenvalue weighted by Crippen LogP contribution is 2.17. The van der Waals surface area contributed by atoms with Gasteiger partial charge in [0.25, 0.3) is 0 Å². The summed E-state index contributed by atoms with van der Waals surface area (Å²) in [5.74, 6) is -1.05.